The fourth-order valence-corrected chi connectivity index (χ4v) is 2.77. The number of hydrogen-bond donors (Lipinski definition) is 3. The zero-order valence-electron chi connectivity index (χ0n) is 12.9. The fourth-order valence-electron chi connectivity index (χ4n) is 2.77. The summed E-state index contributed by atoms with van der Waals surface area (Å²) >= 11 is 0. The lowest BCUT2D eigenvalue weighted by molar-refractivity contribution is 0.229. The van der Waals surface area contributed by atoms with Gasteiger partial charge >= 0.3 is 6.03 Å². The van der Waals surface area contributed by atoms with Crippen LogP contribution in [-0.4, -0.2) is 23.8 Å². The normalized spacial score (nSPS) is 22.1. The van der Waals surface area contributed by atoms with Gasteiger partial charge in [-0.1, -0.05) is 41.5 Å². The molecule has 0 saturated heterocycles. The summed E-state index contributed by atoms with van der Waals surface area (Å²) in [5.41, 5.74) is 3.50. The molecule has 2 rings (SSSR count). The van der Waals surface area contributed by atoms with Crippen LogP contribution in [0.4, 0.5) is 4.79 Å². The molecule has 0 aliphatic heterocycles. The van der Waals surface area contributed by atoms with Crippen LogP contribution in [0.15, 0.2) is 30.4 Å². The Kier molecular flexibility index (Phi) is 5.02. The van der Waals surface area contributed by atoms with E-state index in [1.807, 2.05) is 19.1 Å². The van der Waals surface area contributed by atoms with Gasteiger partial charge in [0.2, 0.25) is 0 Å². The van der Waals surface area contributed by atoms with E-state index in [0.717, 1.165) is 12.0 Å². The average molecular weight is 288 g/mol. The maximum absolute atomic E-state index is 12.0. The van der Waals surface area contributed by atoms with Crippen molar-refractivity contribution >= 4 is 6.03 Å². The summed E-state index contributed by atoms with van der Waals surface area (Å²) < 4.78 is 0. The van der Waals surface area contributed by atoms with E-state index < -0.39 is 0 Å². The van der Waals surface area contributed by atoms with Gasteiger partial charge in [0.1, 0.15) is 0 Å². The molecule has 4 heteroatoms. The number of rotatable bonds is 4. The number of hydrogen-bond acceptors (Lipinski definition) is 2. The first-order valence-corrected chi connectivity index (χ1v) is 7.42. The third-order valence-corrected chi connectivity index (χ3v) is 3.81. The average Bonchev–Trinajstić information content (AvgIpc) is 2.85. The zero-order valence-corrected chi connectivity index (χ0v) is 12.9. The van der Waals surface area contributed by atoms with E-state index in [-0.39, 0.29) is 30.6 Å². The number of aliphatic hydroxyl groups is 1. The van der Waals surface area contributed by atoms with E-state index in [0.29, 0.717) is 0 Å². The summed E-state index contributed by atoms with van der Waals surface area (Å²) in [5.74, 6) is 0.159. The molecule has 2 amide bonds. The molecule has 0 spiro atoms. The molecule has 3 atom stereocenters. The highest BCUT2D eigenvalue weighted by atomic mass is 16.3. The highest BCUT2D eigenvalue weighted by molar-refractivity contribution is 5.75. The lowest BCUT2D eigenvalue weighted by Crippen LogP contribution is -2.41. The molecule has 114 valence electrons. The molecule has 3 N–H and O–H groups in total. The van der Waals surface area contributed by atoms with Crippen LogP contribution < -0.4 is 10.6 Å². The highest BCUT2D eigenvalue weighted by Gasteiger charge is 2.20. The lowest BCUT2D eigenvalue weighted by atomic mass is 10.0. The molecule has 1 aliphatic rings. The topological polar surface area (TPSA) is 61.4 Å². The molecule has 0 saturated carbocycles. The smallest absolute Gasteiger partial charge is 0.315 e. The number of carbonyl (C=O) groups is 1. The fraction of sp³-hybridized carbons (Fsp3) is 0.471. The maximum atomic E-state index is 12.0. The zero-order chi connectivity index (χ0) is 15.4. The summed E-state index contributed by atoms with van der Waals surface area (Å²) in [6.45, 7) is 6.23. The van der Waals surface area contributed by atoms with Crippen LogP contribution in [0.25, 0.3) is 0 Å². The minimum Gasteiger partial charge on any atom is -0.396 e. The van der Waals surface area contributed by atoms with Crippen LogP contribution in [0.2, 0.25) is 0 Å². The number of aryl methyl sites for hydroxylation is 2. The molecule has 1 aliphatic carbocycles. The van der Waals surface area contributed by atoms with Crippen LogP contribution in [0, 0.1) is 19.8 Å². The molecule has 4 nitrogen and oxygen atoms in total. The Morgan fingerprint density at radius 1 is 1.29 bits per heavy atom. The largest absolute Gasteiger partial charge is 0.396 e. The summed E-state index contributed by atoms with van der Waals surface area (Å²) in [6, 6.07) is 6.10. The van der Waals surface area contributed by atoms with Crippen LogP contribution >= 0.6 is 0 Å². The molecule has 0 radical (unpaired) electrons. The van der Waals surface area contributed by atoms with Crippen LogP contribution in [0.1, 0.15) is 36.1 Å². The summed E-state index contributed by atoms with van der Waals surface area (Å²) in [4.78, 5) is 12.0. The van der Waals surface area contributed by atoms with Gasteiger partial charge in [0, 0.05) is 18.6 Å². The van der Waals surface area contributed by atoms with Gasteiger partial charge in [0.15, 0.2) is 0 Å². The van der Waals surface area contributed by atoms with Gasteiger partial charge in [0.05, 0.1) is 6.04 Å². The number of urea groups is 1. The van der Waals surface area contributed by atoms with Crippen molar-refractivity contribution in [2.75, 3.05) is 6.61 Å². The van der Waals surface area contributed by atoms with Gasteiger partial charge in [-0.15, -0.1) is 0 Å². The van der Waals surface area contributed by atoms with Gasteiger partial charge in [-0.05, 0) is 32.8 Å². The molecular formula is C17H24N2O2. The van der Waals surface area contributed by atoms with Gasteiger partial charge in [-0.3, -0.25) is 0 Å². The number of carbonyl (C=O) groups excluding carboxylic acids is 1. The standard InChI is InChI=1S/C17H24N2O2/c1-11-6-12(2)8-15(7-11)13(3)18-17(21)19-16-5-4-14(9-16)10-20/h4-8,13-14,16,20H,9-10H2,1-3H3,(H2,18,19,21)/t13?,14-,16+/m0/s1. The predicted octanol–water partition coefficient (Wildman–Crippen LogP) is 2.60. The first-order valence-electron chi connectivity index (χ1n) is 7.42. The molecule has 0 fully saturated rings. The van der Waals surface area contributed by atoms with Crippen LogP contribution in [0.3, 0.4) is 0 Å². The Morgan fingerprint density at radius 2 is 1.95 bits per heavy atom. The van der Waals surface area contributed by atoms with E-state index in [2.05, 4.69) is 42.7 Å². The number of amides is 2. The number of nitrogens with one attached hydrogen (secondary N) is 2. The molecule has 1 aromatic rings. The van der Waals surface area contributed by atoms with Crippen molar-refractivity contribution in [3.8, 4) is 0 Å². The Hall–Kier alpha value is -1.81. The van der Waals surface area contributed by atoms with Gasteiger partial charge in [0.25, 0.3) is 0 Å². The maximum Gasteiger partial charge on any atom is 0.315 e. The summed E-state index contributed by atoms with van der Waals surface area (Å²) in [5, 5.41) is 15.0. The van der Waals surface area contributed by atoms with E-state index in [1.54, 1.807) is 0 Å². The van der Waals surface area contributed by atoms with Crippen molar-refractivity contribution in [2.45, 2.75) is 39.3 Å². The molecule has 0 bridgehead atoms. The summed E-state index contributed by atoms with van der Waals surface area (Å²) in [7, 11) is 0. The molecular weight excluding hydrogens is 264 g/mol. The van der Waals surface area contributed by atoms with Crippen molar-refractivity contribution in [1.82, 2.24) is 10.6 Å². The quantitative estimate of drug-likeness (QED) is 0.746. The first kappa shape index (κ1) is 15.6. The molecule has 1 unspecified atom stereocenters. The monoisotopic (exact) mass is 288 g/mol. The Balaban J connectivity index is 1.89. The van der Waals surface area contributed by atoms with E-state index in [9.17, 15) is 4.79 Å². The second-order valence-electron chi connectivity index (χ2n) is 5.93. The van der Waals surface area contributed by atoms with Crippen molar-refractivity contribution in [3.63, 3.8) is 0 Å². The second-order valence-corrected chi connectivity index (χ2v) is 5.93. The highest BCUT2D eigenvalue weighted by Crippen LogP contribution is 2.18. The van der Waals surface area contributed by atoms with Gasteiger partial charge < -0.3 is 15.7 Å². The van der Waals surface area contributed by atoms with Crippen molar-refractivity contribution in [2.24, 2.45) is 5.92 Å². The lowest BCUT2D eigenvalue weighted by Gasteiger charge is -2.18. The third-order valence-electron chi connectivity index (χ3n) is 3.81. The van der Waals surface area contributed by atoms with E-state index in [4.69, 9.17) is 5.11 Å². The Morgan fingerprint density at radius 3 is 2.52 bits per heavy atom. The Labute approximate surface area is 126 Å². The minimum absolute atomic E-state index is 0.00796. The van der Waals surface area contributed by atoms with Crippen LogP contribution in [0.5, 0.6) is 0 Å². The number of aliphatic hydroxyl groups excluding tert-OH is 1. The van der Waals surface area contributed by atoms with Gasteiger partial charge in [-0.25, -0.2) is 4.79 Å². The van der Waals surface area contributed by atoms with E-state index in [1.165, 1.54) is 11.1 Å². The second kappa shape index (κ2) is 6.76. The van der Waals surface area contributed by atoms with Crippen molar-refractivity contribution < 1.29 is 9.90 Å². The molecule has 21 heavy (non-hydrogen) atoms. The number of benzene rings is 1. The molecule has 1 aromatic carbocycles. The van der Waals surface area contributed by atoms with E-state index >= 15 is 0 Å². The van der Waals surface area contributed by atoms with Crippen LogP contribution in [-0.2, 0) is 0 Å². The minimum atomic E-state index is -0.171. The third kappa shape index (κ3) is 4.33. The molecule has 0 heterocycles. The van der Waals surface area contributed by atoms with Crippen molar-refractivity contribution in [1.29, 1.82) is 0 Å². The van der Waals surface area contributed by atoms with Gasteiger partial charge in [-0.2, -0.15) is 0 Å². The van der Waals surface area contributed by atoms with Crippen molar-refractivity contribution in [3.05, 3.63) is 47.0 Å². The molecule has 0 aromatic heterocycles. The first-order chi connectivity index (χ1) is 9.97. The Bertz CT molecular complexity index is 519. The summed E-state index contributed by atoms with van der Waals surface area (Å²) in [6.07, 6.45) is 4.67. The predicted molar refractivity (Wildman–Crippen MR) is 84.1 cm³/mol. The SMILES string of the molecule is Cc1cc(C)cc(C(C)NC(=O)N[C@@H]2C=C[C@H](CO)C2)c1.